The summed E-state index contributed by atoms with van der Waals surface area (Å²) in [4.78, 5) is 12.2. The van der Waals surface area contributed by atoms with Gasteiger partial charge in [-0.25, -0.2) is 31.5 Å². The van der Waals surface area contributed by atoms with Gasteiger partial charge < -0.3 is 5.32 Å². The average Bonchev–Trinajstić information content (AvgIpc) is 3.21. The SMILES string of the molecule is [2H]C([2H])(Nc1nonc1-c1noc(=O)n1-c1ccc(F)c(Br)c1)C([2H])([2H])NS(C)(=O)=O. The van der Waals surface area contributed by atoms with Crippen LogP contribution in [0.25, 0.3) is 17.2 Å². The standard InChI is InChI=1S/C13H12BrFN6O5S/c1-27(23,24)17-5-4-16-11-10(18-26-19-11)12-20-25-13(22)21(12)7-2-3-9(15)8(14)6-7/h2-3,6,17H,4-5H2,1H3,(H,16,19)/i4D2,5D2. The number of hydrogen-bond acceptors (Lipinski definition) is 9. The Morgan fingerprint density at radius 1 is 1.33 bits per heavy atom. The molecule has 0 bridgehead atoms. The highest BCUT2D eigenvalue weighted by atomic mass is 79.9. The van der Waals surface area contributed by atoms with E-state index in [2.05, 4.69) is 40.6 Å². The first-order valence-electron chi connectivity index (χ1n) is 8.86. The van der Waals surface area contributed by atoms with E-state index in [-0.39, 0.29) is 21.7 Å². The van der Waals surface area contributed by atoms with Gasteiger partial charge in [0.25, 0.3) is 0 Å². The average molecular weight is 467 g/mol. The quantitative estimate of drug-likeness (QED) is 0.514. The molecule has 0 aliphatic rings. The largest absolute Gasteiger partial charge is 0.446 e. The lowest BCUT2D eigenvalue weighted by atomic mass is 10.3. The molecule has 3 aromatic rings. The molecule has 0 aliphatic carbocycles. The zero-order valence-corrected chi connectivity index (χ0v) is 15.6. The second kappa shape index (κ2) is 7.58. The van der Waals surface area contributed by atoms with Crippen molar-refractivity contribution in [1.29, 1.82) is 0 Å². The lowest BCUT2D eigenvalue weighted by Gasteiger charge is -2.06. The van der Waals surface area contributed by atoms with E-state index in [4.69, 9.17) is 5.48 Å². The van der Waals surface area contributed by atoms with Crippen LogP contribution >= 0.6 is 15.9 Å². The number of anilines is 1. The molecule has 0 unspecified atom stereocenters. The van der Waals surface area contributed by atoms with Crippen molar-refractivity contribution >= 4 is 31.8 Å². The van der Waals surface area contributed by atoms with Gasteiger partial charge in [0.05, 0.1) is 19.2 Å². The Morgan fingerprint density at radius 2 is 2.11 bits per heavy atom. The molecule has 2 N–H and O–H groups in total. The molecule has 11 nitrogen and oxygen atoms in total. The number of halogens is 2. The van der Waals surface area contributed by atoms with E-state index in [1.807, 2.05) is 5.32 Å². The molecule has 0 saturated carbocycles. The second-order valence-corrected chi connectivity index (χ2v) is 7.52. The molecule has 0 radical (unpaired) electrons. The van der Waals surface area contributed by atoms with Crippen LogP contribution in [-0.4, -0.2) is 47.7 Å². The molecule has 0 saturated heterocycles. The smallest absolute Gasteiger partial charge is 0.364 e. The van der Waals surface area contributed by atoms with Gasteiger partial charge in [0.1, 0.15) is 5.82 Å². The first-order chi connectivity index (χ1) is 14.2. The number of nitrogens with one attached hydrogen (secondary N) is 2. The summed E-state index contributed by atoms with van der Waals surface area (Å²) in [5.41, 5.74) is -0.272. The fourth-order valence-corrected chi connectivity index (χ4v) is 2.48. The molecule has 0 spiro atoms. The van der Waals surface area contributed by atoms with Crippen molar-refractivity contribution in [3.05, 3.63) is 39.0 Å². The topological polar surface area (TPSA) is 145 Å². The van der Waals surface area contributed by atoms with Crippen molar-refractivity contribution in [1.82, 2.24) is 24.8 Å². The first-order valence-corrected chi connectivity index (χ1v) is 9.54. The highest BCUT2D eigenvalue weighted by molar-refractivity contribution is 9.10. The zero-order valence-electron chi connectivity index (χ0n) is 17.2. The van der Waals surface area contributed by atoms with Crippen LogP contribution in [0.3, 0.4) is 0 Å². The number of rotatable bonds is 7. The van der Waals surface area contributed by atoms with Gasteiger partial charge in [-0.1, -0.05) is 5.16 Å². The summed E-state index contributed by atoms with van der Waals surface area (Å²) in [6, 6.07) is 3.54. The van der Waals surface area contributed by atoms with Crippen LogP contribution < -0.4 is 15.8 Å². The molecule has 0 amide bonds. The highest BCUT2D eigenvalue weighted by Crippen LogP contribution is 2.25. The molecular weight excluding hydrogens is 451 g/mol. The summed E-state index contributed by atoms with van der Waals surface area (Å²) in [6.07, 6.45) is 0.652. The lowest BCUT2D eigenvalue weighted by Crippen LogP contribution is -2.27. The summed E-state index contributed by atoms with van der Waals surface area (Å²) >= 11 is 2.98. The van der Waals surface area contributed by atoms with Crippen molar-refractivity contribution in [3.8, 4) is 17.2 Å². The van der Waals surface area contributed by atoms with Gasteiger partial charge in [-0.05, 0) is 44.4 Å². The van der Waals surface area contributed by atoms with Gasteiger partial charge >= 0.3 is 5.76 Å². The molecular formula is C13H12BrFN6O5S. The van der Waals surface area contributed by atoms with E-state index in [0.717, 1.165) is 10.6 Å². The van der Waals surface area contributed by atoms with Gasteiger partial charge in [0, 0.05) is 15.7 Å². The molecule has 27 heavy (non-hydrogen) atoms. The summed E-state index contributed by atoms with van der Waals surface area (Å²) < 4.78 is 79.1. The molecule has 0 fully saturated rings. The van der Waals surface area contributed by atoms with Gasteiger partial charge in [0.15, 0.2) is 5.69 Å². The predicted molar refractivity (Wildman–Crippen MR) is 94.4 cm³/mol. The van der Waals surface area contributed by atoms with Crippen molar-refractivity contribution in [2.24, 2.45) is 0 Å². The number of sulfonamides is 1. The van der Waals surface area contributed by atoms with Crippen molar-refractivity contribution in [3.63, 3.8) is 0 Å². The molecule has 0 atom stereocenters. The first kappa shape index (κ1) is 14.5. The maximum Gasteiger partial charge on any atom is 0.446 e. The van der Waals surface area contributed by atoms with Gasteiger partial charge in [-0.3, -0.25) is 4.52 Å². The lowest BCUT2D eigenvalue weighted by molar-refractivity contribution is 0.309. The van der Waals surface area contributed by atoms with Crippen LogP contribution in [-0.2, 0) is 10.0 Å². The van der Waals surface area contributed by atoms with Crippen molar-refractivity contribution in [2.75, 3.05) is 24.6 Å². The Hall–Kier alpha value is -2.58. The van der Waals surface area contributed by atoms with Crippen molar-refractivity contribution < 1.29 is 27.4 Å². The van der Waals surface area contributed by atoms with E-state index in [9.17, 15) is 17.6 Å². The third-order valence-electron chi connectivity index (χ3n) is 2.95. The van der Waals surface area contributed by atoms with E-state index < -0.39 is 40.4 Å². The summed E-state index contributed by atoms with van der Waals surface area (Å²) in [5.74, 6) is -2.46. The van der Waals surface area contributed by atoms with E-state index in [0.29, 0.717) is 6.26 Å². The van der Waals surface area contributed by atoms with Crippen LogP contribution in [0, 0.1) is 5.82 Å². The Kier molecular flexibility index (Phi) is 4.06. The Morgan fingerprint density at radius 3 is 2.81 bits per heavy atom. The predicted octanol–water partition coefficient (Wildman–Crippen LogP) is 0.738. The molecule has 2 heterocycles. The van der Waals surface area contributed by atoms with Gasteiger partial charge in [-0.15, -0.1) is 0 Å². The fraction of sp³-hybridized carbons (Fsp3) is 0.231. The summed E-state index contributed by atoms with van der Waals surface area (Å²) in [5, 5.41) is 12.5. The summed E-state index contributed by atoms with van der Waals surface area (Å²) in [6.45, 7) is -6.21. The molecule has 0 aliphatic heterocycles. The highest BCUT2D eigenvalue weighted by Gasteiger charge is 2.23. The van der Waals surface area contributed by atoms with Crippen LogP contribution in [0.5, 0.6) is 0 Å². The van der Waals surface area contributed by atoms with Crippen LogP contribution in [0.15, 0.2) is 36.6 Å². The molecule has 144 valence electrons. The minimum Gasteiger partial charge on any atom is -0.364 e. The molecule has 3 rings (SSSR count). The molecule has 2 aromatic heterocycles. The number of hydrogen-bond donors (Lipinski definition) is 2. The second-order valence-electron chi connectivity index (χ2n) is 4.92. The summed E-state index contributed by atoms with van der Waals surface area (Å²) in [7, 11) is -4.13. The number of aromatic nitrogens is 4. The van der Waals surface area contributed by atoms with E-state index >= 15 is 0 Å². The Bertz CT molecular complexity index is 1290. The monoisotopic (exact) mass is 466 g/mol. The van der Waals surface area contributed by atoms with Crippen molar-refractivity contribution in [2.45, 2.75) is 0 Å². The van der Waals surface area contributed by atoms with E-state index in [1.165, 1.54) is 16.9 Å². The zero-order chi connectivity index (χ0) is 23.2. The fourth-order valence-electron chi connectivity index (χ4n) is 1.88. The van der Waals surface area contributed by atoms with Crippen LogP contribution in [0.2, 0.25) is 0 Å². The third kappa shape index (κ3) is 4.40. The molecule has 14 heteroatoms. The maximum absolute atomic E-state index is 13.5. The number of benzene rings is 1. The maximum atomic E-state index is 13.5. The van der Waals surface area contributed by atoms with E-state index in [1.54, 1.807) is 0 Å². The Balaban J connectivity index is 2.04. The van der Waals surface area contributed by atoms with Gasteiger partial charge in [0.2, 0.25) is 21.7 Å². The Labute approximate surface area is 165 Å². The number of nitrogens with zero attached hydrogens (tertiary/aromatic N) is 4. The van der Waals surface area contributed by atoms with Crippen LogP contribution in [0.1, 0.15) is 5.48 Å². The minimum atomic E-state index is -4.13. The third-order valence-corrected chi connectivity index (χ3v) is 4.03. The normalized spacial score (nSPS) is 14.9. The van der Waals surface area contributed by atoms with Gasteiger partial charge in [-0.2, -0.15) is 0 Å². The van der Waals surface area contributed by atoms with Crippen LogP contribution in [0.4, 0.5) is 10.2 Å². The molecule has 1 aromatic carbocycles. The minimum absolute atomic E-state index is 0.0251.